The molecule has 152 valence electrons. The lowest BCUT2D eigenvalue weighted by Gasteiger charge is -2.09. The average molecular weight is 435 g/mol. The normalized spacial score (nSPS) is 10.8. The summed E-state index contributed by atoms with van der Waals surface area (Å²) >= 11 is 7.04. The molecule has 29 heavy (non-hydrogen) atoms. The van der Waals surface area contributed by atoms with Crippen LogP contribution in [-0.4, -0.2) is 26.4 Å². The first kappa shape index (κ1) is 21.1. The molecule has 9 heteroatoms. The highest BCUT2D eigenvalue weighted by Crippen LogP contribution is 2.23. The lowest BCUT2D eigenvalue weighted by Crippen LogP contribution is -2.15. The van der Waals surface area contributed by atoms with E-state index in [-0.39, 0.29) is 23.3 Å². The molecule has 0 saturated carbocycles. The number of aryl methyl sites for hydroxylation is 1. The number of nitrogens with zero attached hydrogens (tertiary/aromatic N) is 3. The Morgan fingerprint density at radius 1 is 1.28 bits per heavy atom. The second kappa shape index (κ2) is 9.76. The van der Waals surface area contributed by atoms with Crippen molar-refractivity contribution >= 4 is 35.0 Å². The fourth-order valence-electron chi connectivity index (χ4n) is 2.58. The summed E-state index contributed by atoms with van der Waals surface area (Å²) in [5.74, 6) is 0.597. The molecule has 0 unspecified atom stereocenters. The van der Waals surface area contributed by atoms with Crippen LogP contribution in [0.15, 0.2) is 47.6 Å². The Morgan fingerprint density at radius 2 is 2.07 bits per heavy atom. The van der Waals surface area contributed by atoms with Crippen molar-refractivity contribution in [3.63, 3.8) is 0 Å². The third-order valence-corrected chi connectivity index (χ3v) is 5.50. The molecule has 1 aromatic heterocycles. The van der Waals surface area contributed by atoms with Gasteiger partial charge in [0.25, 0.3) is 0 Å². The molecule has 3 aromatic rings. The van der Waals surface area contributed by atoms with Crippen molar-refractivity contribution in [2.75, 3.05) is 11.1 Å². The van der Waals surface area contributed by atoms with Crippen molar-refractivity contribution in [2.24, 2.45) is 7.05 Å². The number of nitrogens with one attached hydrogen (secondary N) is 1. The number of halogens is 2. The summed E-state index contributed by atoms with van der Waals surface area (Å²) in [5.41, 5.74) is 1.91. The minimum absolute atomic E-state index is 0.00707. The number of thioether (sulfide) groups is 1. The SMILES string of the molecule is CCc1ccccc1NC(=O)CSc1nnc(COc2ccc(F)c(Cl)c2)n1C. The molecule has 0 atom stereocenters. The summed E-state index contributed by atoms with van der Waals surface area (Å²) in [6.45, 7) is 2.19. The number of hydrogen-bond acceptors (Lipinski definition) is 5. The van der Waals surface area contributed by atoms with Gasteiger partial charge in [-0.2, -0.15) is 0 Å². The first-order valence-corrected chi connectivity index (χ1v) is 10.3. The smallest absolute Gasteiger partial charge is 0.234 e. The lowest BCUT2D eigenvalue weighted by atomic mass is 10.1. The Labute approximate surface area is 177 Å². The molecule has 0 spiro atoms. The average Bonchev–Trinajstić information content (AvgIpc) is 3.07. The van der Waals surface area contributed by atoms with Gasteiger partial charge >= 0.3 is 0 Å². The number of benzene rings is 2. The quantitative estimate of drug-likeness (QED) is 0.529. The zero-order valence-electron chi connectivity index (χ0n) is 16.0. The number of hydrogen-bond donors (Lipinski definition) is 1. The van der Waals surface area contributed by atoms with Crippen LogP contribution >= 0.6 is 23.4 Å². The molecule has 0 aliphatic heterocycles. The van der Waals surface area contributed by atoms with E-state index >= 15 is 0 Å². The van der Waals surface area contributed by atoms with Crippen LogP contribution in [-0.2, 0) is 24.9 Å². The maximum atomic E-state index is 13.2. The molecule has 0 saturated heterocycles. The van der Waals surface area contributed by atoms with Crippen LogP contribution in [0.1, 0.15) is 18.3 Å². The third-order valence-electron chi connectivity index (χ3n) is 4.19. The molecule has 0 aliphatic rings. The van der Waals surface area contributed by atoms with Crippen molar-refractivity contribution in [3.8, 4) is 5.75 Å². The maximum Gasteiger partial charge on any atom is 0.234 e. The number of ether oxygens (including phenoxy) is 1. The standard InChI is InChI=1S/C20H20ClFN4O2S/c1-3-13-6-4-5-7-17(13)23-19(27)12-29-20-25-24-18(26(20)2)11-28-14-8-9-16(22)15(21)10-14/h4-10H,3,11-12H2,1-2H3,(H,23,27). The van der Waals surface area contributed by atoms with Crippen molar-refractivity contribution < 1.29 is 13.9 Å². The van der Waals surface area contributed by atoms with Crippen molar-refractivity contribution in [2.45, 2.75) is 25.1 Å². The van der Waals surface area contributed by atoms with Crippen molar-refractivity contribution in [1.82, 2.24) is 14.8 Å². The Kier molecular flexibility index (Phi) is 7.11. The summed E-state index contributed by atoms with van der Waals surface area (Å²) in [6, 6.07) is 11.9. The fourth-order valence-corrected chi connectivity index (χ4v) is 3.48. The maximum absolute atomic E-state index is 13.2. The molecule has 0 bridgehead atoms. The summed E-state index contributed by atoms with van der Waals surface area (Å²) < 4.78 is 20.6. The number of amides is 1. The van der Waals surface area contributed by atoms with E-state index in [2.05, 4.69) is 15.5 Å². The second-order valence-corrected chi connectivity index (χ2v) is 7.52. The van der Waals surface area contributed by atoms with Gasteiger partial charge in [0.15, 0.2) is 11.0 Å². The first-order chi connectivity index (χ1) is 14.0. The molecule has 2 aromatic carbocycles. The zero-order chi connectivity index (χ0) is 20.8. The summed E-state index contributed by atoms with van der Waals surface area (Å²) in [4.78, 5) is 12.3. The minimum Gasteiger partial charge on any atom is -0.486 e. The highest BCUT2D eigenvalue weighted by Gasteiger charge is 2.13. The topological polar surface area (TPSA) is 69.0 Å². The van der Waals surface area contributed by atoms with Crippen LogP contribution in [0, 0.1) is 5.82 Å². The van der Waals surface area contributed by atoms with Gasteiger partial charge in [0.2, 0.25) is 5.91 Å². The Balaban J connectivity index is 1.55. The molecular weight excluding hydrogens is 415 g/mol. The number of aromatic nitrogens is 3. The number of rotatable bonds is 8. The van der Waals surface area contributed by atoms with Crippen LogP contribution in [0.3, 0.4) is 0 Å². The summed E-state index contributed by atoms with van der Waals surface area (Å²) in [5, 5.41) is 11.7. The number of carbonyl (C=O) groups is 1. The van der Waals surface area contributed by atoms with Gasteiger partial charge in [-0.1, -0.05) is 48.5 Å². The van der Waals surface area contributed by atoms with E-state index in [1.807, 2.05) is 31.2 Å². The monoisotopic (exact) mass is 434 g/mol. The van der Waals surface area contributed by atoms with Gasteiger partial charge in [-0.25, -0.2) is 4.39 Å². The minimum atomic E-state index is -0.504. The molecule has 1 heterocycles. The molecule has 1 amide bonds. The van der Waals surface area contributed by atoms with E-state index in [4.69, 9.17) is 16.3 Å². The predicted octanol–water partition coefficient (Wildman–Crippen LogP) is 4.48. The van der Waals surface area contributed by atoms with Crippen molar-refractivity contribution in [1.29, 1.82) is 0 Å². The first-order valence-electron chi connectivity index (χ1n) is 8.94. The Morgan fingerprint density at radius 3 is 2.83 bits per heavy atom. The molecule has 6 nitrogen and oxygen atoms in total. The van der Waals surface area contributed by atoms with E-state index in [9.17, 15) is 9.18 Å². The van der Waals surface area contributed by atoms with E-state index in [1.165, 1.54) is 30.0 Å². The second-order valence-electron chi connectivity index (χ2n) is 6.17. The van der Waals surface area contributed by atoms with Gasteiger partial charge in [0, 0.05) is 18.8 Å². The summed E-state index contributed by atoms with van der Waals surface area (Å²) in [6.07, 6.45) is 0.843. The highest BCUT2D eigenvalue weighted by molar-refractivity contribution is 7.99. The molecule has 0 fully saturated rings. The van der Waals surface area contributed by atoms with E-state index in [0.29, 0.717) is 16.7 Å². The van der Waals surface area contributed by atoms with Crippen LogP contribution in [0.5, 0.6) is 5.75 Å². The third kappa shape index (κ3) is 5.48. The fraction of sp³-hybridized carbons (Fsp3) is 0.250. The van der Waals surface area contributed by atoms with E-state index in [1.54, 1.807) is 11.6 Å². The van der Waals surface area contributed by atoms with Gasteiger partial charge in [0.1, 0.15) is 18.2 Å². The molecule has 1 N–H and O–H groups in total. The number of para-hydroxylation sites is 1. The van der Waals surface area contributed by atoms with Gasteiger partial charge in [0.05, 0.1) is 10.8 Å². The van der Waals surface area contributed by atoms with Crippen LogP contribution in [0.25, 0.3) is 0 Å². The van der Waals surface area contributed by atoms with Crippen LogP contribution in [0.4, 0.5) is 10.1 Å². The summed E-state index contributed by atoms with van der Waals surface area (Å²) in [7, 11) is 1.79. The van der Waals surface area contributed by atoms with Gasteiger partial charge < -0.3 is 14.6 Å². The van der Waals surface area contributed by atoms with Crippen molar-refractivity contribution in [3.05, 3.63) is 64.7 Å². The number of anilines is 1. The number of carbonyl (C=O) groups excluding carboxylic acids is 1. The molecule has 0 aliphatic carbocycles. The largest absolute Gasteiger partial charge is 0.486 e. The molecule has 3 rings (SSSR count). The Hall–Kier alpha value is -2.58. The van der Waals surface area contributed by atoms with Gasteiger partial charge in [-0.15, -0.1) is 10.2 Å². The van der Waals surface area contributed by atoms with E-state index < -0.39 is 5.82 Å². The molecule has 0 radical (unpaired) electrons. The zero-order valence-corrected chi connectivity index (χ0v) is 17.6. The van der Waals surface area contributed by atoms with Gasteiger partial charge in [-0.05, 0) is 30.2 Å². The highest BCUT2D eigenvalue weighted by atomic mass is 35.5. The van der Waals surface area contributed by atoms with Gasteiger partial charge in [-0.3, -0.25) is 4.79 Å². The Bertz CT molecular complexity index is 1010. The van der Waals surface area contributed by atoms with Crippen LogP contribution < -0.4 is 10.1 Å². The lowest BCUT2D eigenvalue weighted by molar-refractivity contribution is -0.113. The predicted molar refractivity (Wildman–Crippen MR) is 112 cm³/mol. The molecular formula is C20H20ClFN4O2S. The van der Waals surface area contributed by atoms with E-state index in [0.717, 1.165) is 17.7 Å². The van der Waals surface area contributed by atoms with Crippen LogP contribution in [0.2, 0.25) is 5.02 Å².